The molecular formula is C9H16NO5PS. The second kappa shape index (κ2) is 5.42. The monoisotopic (exact) mass is 281 g/mol. The minimum atomic E-state index is -3.25. The van der Waals surface area contributed by atoms with Crippen molar-refractivity contribution in [1.29, 1.82) is 0 Å². The fraction of sp³-hybridized carbons (Fsp3) is 0.778. The van der Waals surface area contributed by atoms with Gasteiger partial charge in [-0.2, -0.15) is 12.6 Å². The molecule has 6 nitrogen and oxygen atoms in total. The van der Waals surface area contributed by atoms with Crippen LogP contribution in [0.5, 0.6) is 0 Å². The van der Waals surface area contributed by atoms with Crippen molar-refractivity contribution >= 4 is 31.9 Å². The Bertz CT molecular complexity index is 368. The van der Waals surface area contributed by atoms with Crippen LogP contribution in [0.2, 0.25) is 0 Å². The van der Waals surface area contributed by atoms with Crippen LogP contribution in [0, 0.1) is 0 Å². The standard InChI is InChI=1S/C9H16NO5PS/c1-16(14,15)3-2-7(9(12)13)10-5-6(17)4-8(10)11/h6-7,17H,2-5H2,1H3,(H,12,13)(H,14,15). The van der Waals surface area contributed by atoms with E-state index in [0.717, 1.165) is 0 Å². The molecule has 1 aliphatic rings. The van der Waals surface area contributed by atoms with Gasteiger partial charge in [0.25, 0.3) is 0 Å². The summed E-state index contributed by atoms with van der Waals surface area (Å²) in [5.74, 6) is -1.41. The smallest absolute Gasteiger partial charge is 0.326 e. The lowest BCUT2D eigenvalue weighted by molar-refractivity contribution is -0.148. The molecule has 0 aromatic carbocycles. The van der Waals surface area contributed by atoms with Crippen molar-refractivity contribution in [1.82, 2.24) is 4.90 Å². The van der Waals surface area contributed by atoms with Crippen molar-refractivity contribution in [3.8, 4) is 0 Å². The van der Waals surface area contributed by atoms with Gasteiger partial charge in [0.1, 0.15) is 6.04 Å². The zero-order valence-electron chi connectivity index (χ0n) is 9.44. The van der Waals surface area contributed by atoms with E-state index in [9.17, 15) is 14.2 Å². The highest BCUT2D eigenvalue weighted by Crippen LogP contribution is 2.37. The Kier molecular flexibility index (Phi) is 4.63. The van der Waals surface area contributed by atoms with Crippen LogP contribution in [0.4, 0.5) is 0 Å². The van der Waals surface area contributed by atoms with Gasteiger partial charge < -0.3 is 14.9 Å². The van der Waals surface area contributed by atoms with E-state index >= 15 is 0 Å². The molecule has 1 amide bonds. The van der Waals surface area contributed by atoms with E-state index in [-0.39, 0.29) is 36.7 Å². The number of hydrogen-bond acceptors (Lipinski definition) is 4. The molecule has 1 rings (SSSR count). The molecule has 1 fully saturated rings. The van der Waals surface area contributed by atoms with Crippen LogP contribution in [-0.2, 0) is 14.2 Å². The summed E-state index contributed by atoms with van der Waals surface area (Å²) in [6.07, 6.45) is 0.104. The van der Waals surface area contributed by atoms with Crippen LogP contribution in [0.15, 0.2) is 0 Å². The summed E-state index contributed by atoms with van der Waals surface area (Å²) in [5, 5.41) is 8.88. The lowest BCUT2D eigenvalue weighted by Crippen LogP contribution is -2.42. The van der Waals surface area contributed by atoms with Gasteiger partial charge in [0.05, 0.1) is 0 Å². The van der Waals surface area contributed by atoms with Crippen molar-refractivity contribution in [2.24, 2.45) is 0 Å². The Morgan fingerprint density at radius 3 is 2.65 bits per heavy atom. The first-order valence-corrected chi connectivity index (χ1v) is 8.01. The number of nitrogens with zero attached hydrogens (tertiary/aromatic N) is 1. The number of carboxylic acids is 1. The van der Waals surface area contributed by atoms with Gasteiger partial charge in [-0.25, -0.2) is 4.79 Å². The maximum absolute atomic E-state index is 11.5. The average molecular weight is 281 g/mol. The van der Waals surface area contributed by atoms with Gasteiger partial charge in [-0.1, -0.05) is 0 Å². The lowest BCUT2D eigenvalue weighted by atomic mass is 10.2. The number of rotatable bonds is 5. The maximum atomic E-state index is 11.5. The van der Waals surface area contributed by atoms with Crippen LogP contribution in [-0.4, -0.2) is 57.4 Å². The Hall–Kier alpha value is -0.520. The number of carbonyl (C=O) groups is 2. The molecule has 17 heavy (non-hydrogen) atoms. The SMILES string of the molecule is CP(=O)(O)CCC(C(=O)O)N1CC(S)CC1=O. The summed E-state index contributed by atoms with van der Waals surface area (Å²) in [4.78, 5) is 33.0. The zero-order chi connectivity index (χ0) is 13.2. The number of carbonyl (C=O) groups excluding carboxylic acids is 1. The van der Waals surface area contributed by atoms with Crippen molar-refractivity contribution in [2.45, 2.75) is 24.1 Å². The normalized spacial score (nSPS) is 25.7. The maximum Gasteiger partial charge on any atom is 0.326 e. The van der Waals surface area contributed by atoms with E-state index in [1.165, 1.54) is 11.6 Å². The first kappa shape index (κ1) is 14.5. The minimum Gasteiger partial charge on any atom is -0.480 e. The van der Waals surface area contributed by atoms with Gasteiger partial charge in [0.15, 0.2) is 7.37 Å². The molecule has 0 aromatic heterocycles. The molecule has 1 heterocycles. The molecule has 1 aliphatic heterocycles. The van der Waals surface area contributed by atoms with Crippen LogP contribution >= 0.6 is 20.0 Å². The van der Waals surface area contributed by atoms with E-state index in [1.54, 1.807) is 0 Å². The summed E-state index contributed by atoms with van der Waals surface area (Å²) < 4.78 is 11.1. The first-order chi connectivity index (χ1) is 7.70. The van der Waals surface area contributed by atoms with Gasteiger partial charge in [-0.3, -0.25) is 9.36 Å². The summed E-state index contributed by atoms with van der Waals surface area (Å²) in [5.41, 5.74) is 0. The summed E-state index contributed by atoms with van der Waals surface area (Å²) in [6, 6.07) is -1.03. The first-order valence-electron chi connectivity index (χ1n) is 5.20. The van der Waals surface area contributed by atoms with Gasteiger partial charge >= 0.3 is 5.97 Å². The van der Waals surface area contributed by atoms with Gasteiger partial charge in [-0.05, 0) is 6.42 Å². The van der Waals surface area contributed by atoms with E-state index in [2.05, 4.69) is 12.6 Å². The Labute approximate surface area is 105 Å². The average Bonchev–Trinajstić information content (AvgIpc) is 2.43. The molecule has 98 valence electrons. The molecule has 0 saturated carbocycles. The third kappa shape index (κ3) is 4.33. The Morgan fingerprint density at radius 1 is 1.71 bits per heavy atom. The summed E-state index contributed by atoms with van der Waals surface area (Å²) in [7, 11) is -3.25. The third-order valence-electron chi connectivity index (χ3n) is 2.62. The highest BCUT2D eigenvalue weighted by atomic mass is 32.1. The molecule has 0 radical (unpaired) electrons. The number of likely N-dealkylation sites (tertiary alicyclic amines) is 1. The number of carboxylic acid groups (broad SMARTS) is 1. The highest BCUT2D eigenvalue weighted by Gasteiger charge is 2.36. The molecule has 8 heteroatoms. The molecule has 0 aliphatic carbocycles. The molecule has 1 saturated heterocycles. The lowest BCUT2D eigenvalue weighted by Gasteiger charge is -2.24. The predicted molar refractivity (Wildman–Crippen MR) is 65.8 cm³/mol. The minimum absolute atomic E-state index is 0.00809. The van der Waals surface area contributed by atoms with Crippen molar-refractivity contribution in [3.05, 3.63) is 0 Å². The summed E-state index contributed by atoms with van der Waals surface area (Å²) in [6.45, 7) is 1.46. The molecule has 0 spiro atoms. The van der Waals surface area contributed by atoms with E-state index in [4.69, 9.17) is 10.00 Å². The van der Waals surface area contributed by atoms with Crippen LogP contribution < -0.4 is 0 Å². The number of hydrogen-bond donors (Lipinski definition) is 3. The van der Waals surface area contributed by atoms with Crippen molar-refractivity contribution in [3.63, 3.8) is 0 Å². The van der Waals surface area contributed by atoms with Crippen LogP contribution in [0.1, 0.15) is 12.8 Å². The van der Waals surface area contributed by atoms with E-state index in [0.29, 0.717) is 0 Å². The highest BCUT2D eigenvalue weighted by molar-refractivity contribution is 7.81. The van der Waals surface area contributed by atoms with Crippen molar-refractivity contribution < 1.29 is 24.2 Å². The fourth-order valence-corrected chi connectivity index (χ4v) is 2.84. The Morgan fingerprint density at radius 2 is 2.29 bits per heavy atom. The quantitative estimate of drug-likeness (QED) is 0.496. The molecule has 0 bridgehead atoms. The largest absolute Gasteiger partial charge is 0.480 e. The van der Waals surface area contributed by atoms with Gasteiger partial charge in [-0.15, -0.1) is 0 Å². The second-order valence-corrected chi connectivity index (χ2v) is 7.60. The van der Waals surface area contributed by atoms with Crippen LogP contribution in [0.3, 0.4) is 0 Å². The number of thiol groups is 1. The zero-order valence-corrected chi connectivity index (χ0v) is 11.2. The van der Waals surface area contributed by atoms with Gasteiger partial charge in [0, 0.05) is 31.0 Å². The summed E-state index contributed by atoms with van der Waals surface area (Å²) >= 11 is 4.14. The number of aliphatic carboxylic acids is 1. The van der Waals surface area contributed by atoms with Crippen molar-refractivity contribution in [2.75, 3.05) is 19.4 Å². The molecule has 3 unspecified atom stereocenters. The molecule has 3 atom stereocenters. The van der Waals surface area contributed by atoms with Crippen LogP contribution in [0.25, 0.3) is 0 Å². The van der Waals surface area contributed by atoms with E-state index < -0.39 is 19.4 Å². The Balaban J connectivity index is 2.70. The predicted octanol–water partition coefficient (Wildman–Crippen LogP) is 0.261. The third-order valence-corrected chi connectivity index (χ3v) is 4.05. The number of amides is 1. The fourth-order valence-electron chi connectivity index (χ4n) is 1.79. The molecular weight excluding hydrogens is 265 g/mol. The van der Waals surface area contributed by atoms with Gasteiger partial charge in [0.2, 0.25) is 5.91 Å². The molecule has 2 N–H and O–H groups in total. The molecule has 0 aromatic rings. The topological polar surface area (TPSA) is 94.9 Å². The van der Waals surface area contributed by atoms with E-state index in [1.807, 2.05) is 0 Å². The second-order valence-electron chi connectivity index (χ2n) is 4.32.